The summed E-state index contributed by atoms with van der Waals surface area (Å²) in [6, 6.07) is 0. The molecule has 0 saturated carbocycles. The molecule has 1 fully saturated rings. The zero-order valence-corrected chi connectivity index (χ0v) is 27.9. The van der Waals surface area contributed by atoms with Gasteiger partial charge in [0, 0.05) is 5.75 Å². The number of nitrogen functional groups attached to an aromatic ring is 1. The molecule has 0 bridgehead atoms. The number of hydrogen-bond donors (Lipinski definition) is 2. The van der Waals surface area contributed by atoms with E-state index in [1.807, 2.05) is 6.92 Å². The Bertz CT molecular complexity index is 1060. The molecule has 0 spiro atoms. The second-order valence-corrected chi connectivity index (χ2v) is 18.9. The number of rotatable bonds is 24. The van der Waals surface area contributed by atoms with Crippen LogP contribution in [0.3, 0.4) is 0 Å². The summed E-state index contributed by atoms with van der Waals surface area (Å²) < 4.78 is 25.0. The van der Waals surface area contributed by atoms with E-state index in [1.54, 1.807) is 39.9 Å². The van der Waals surface area contributed by atoms with Crippen LogP contribution in [0.5, 0.6) is 0 Å². The van der Waals surface area contributed by atoms with Crippen LogP contribution in [0.25, 0.3) is 11.2 Å². The SMILES string of the molecule is C[C@H](Cn1cnc2c(N)ncnc21)OCP(=O)(O)OCCSCCCCCCCCCCCCCCS1(C)CCC1. The van der Waals surface area contributed by atoms with Crippen LogP contribution in [0, 0.1) is 0 Å². The number of hydrogen-bond acceptors (Lipinski definition) is 8. The minimum absolute atomic E-state index is 0.119. The predicted molar refractivity (Wildman–Crippen MR) is 176 cm³/mol. The molecule has 1 saturated heterocycles. The molecule has 41 heavy (non-hydrogen) atoms. The van der Waals surface area contributed by atoms with Crippen molar-refractivity contribution in [2.45, 2.75) is 103 Å². The summed E-state index contributed by atoms with van der Waals surface area (Å²) in [6.07, 6.45) is 22.9. The number of thioether (sulfide) groups is 1. The Labute approximate surface area is 253 Å². The standard InChI is InChI=1S/C29H54N5O4PS2/c1-26(22-34-24-33-27-28(30)31-23-32-29(27)34)37-25-39(35,36)38-16-18-40-17-13-11-9-7-5-3-4-6-8-10-12-14-19-41(2)20-15-21-41/h23-24,26H,3-22,25H2,1-2H3,(H,35,36)(H2,30,31,32)/t26-/m1/s1. The fourth-order valence-corrected chi connectivity index (χ4v) is 9.64. The molecular weight excluding hydrogens is 577 g/mol. The molecule has 0 aromatic carbocycles. The van der Waals surface area contributed by atoms with E-state index in [-0.39, 0.29) is 29.1 Å². The molecule has 2 aromatic rings. The highest BCUT2D eigenvalue weighted by Crippen LogP contribution is 2.53. The van der Waals surface area contributed by atoms with Crippen LogP contribution in [-0.2, 0) is 20.4 Å². The maximum Gasteiger partial charge on any atom is 0.353 e. The van der Waals surface area contributed by atoms with E-state index in [2.05, 4.69) is 21.2 Å². The van der Waals surface area contributed by atoms with Crippen LogP contribution in [0.15, 0.2) is 12.7 Å². The van der Waals surface area contributed by atoms with Crippen molar-refractivity contribution >= 4 is 46.4 Å². The van der Waals surface area contributed by atoms with Crippen LogP contribution < -0.4 is 5.73 Å². The van der Waals surface area contributed by atoms with Gasteiger partial charge in [0.1, 0.15) is 18.2 Å². The fourth-order valence-electron chi connectivity index (χ4n) is 5.23. The van der Waals surface area contributed by atoms with Crippen LogP contribution in [0.2, 0.25) is 0 Å². The Morgan fingerprint density at radius 3 is 2.27 bits per heavy atom. The van der Waals surface area contributed by atoms with Gasteiger partial charge in [0.05, 0.1) is 25.6 Å². The smallest absolute Gasteiger partial charge is 0.353 e. The maximum atomic E-state index is 12.3. The summed E-state index contributed by atoms with van der Waals surface area (Å²) in [4.78, 5) is 22.5. The van der Waals surface area contributed by atoms with E-state index >= 15 is 0 Å². The van der Waals surface area contributed by atoms with E-state index in [1.165, 1.54) is 89.8 Å². The lowest BCUT2D eigenvalue weighted by molar-refractivity contribution is 0.0724. The largest absolute Gasteiger partial charge is 0.382 e. The van der Waals surface area contributed by atoms with E-state index in [9.17, 15) is 9.46 Å². The number of anilines is 1. The lowest BCUT2D eigenvalue weighted by Gasteiger charge is -2.44. The van der Waals surface area contributed by atoms with E-state index < -0.39 is 7.60 Å². The second-order valence-electron chi connectivity index (χ2n) is 11.7. The third-order valence-corrected chi connectivity index (χ3v) is 13.8. The summed E-state index contributed by atoms with van der Waals surface area (Å²) in [6.45, 7) is 2.49. The number of aromatic nitrogens is 4. The highest BCUT2D eigenvalue weighted by Gasteiger charge is 2.25. The summed E-state index contributed by atoms with van der Waals surface area (Å²) in [5.74, 6) is 6.74. The minimum atomic E-state index is -3.79. The molecule has 0 radical (unpaired) electrons. The van der Waals surface area contributed by atoms with Gasteiger partial charge in [-0.15, -0.1) is 0 Å². The number of nitrogens with zero attached hydrogens (tertiary/aromatic N) is 4. The van der Waals surface area contributed by atoms with Crippen molar-refractivity contribution in [1.29, 1.82) is 0 Å². The third-order valence-electron chi connectivity index (χ3n) is 7.88. The van der Waals surface area contributed by atoms with E-state index in [4.69, 9.17) is 15.0 Å². The molecular formula is C29H54N5O4PS2. The van der Waals surface area contributed by atoms with Gasteiger partial charge in [-0.1, -0.05) is 64.2 Å². The number of ether oxygens (including phenoxy) is 1. The summed E-state index contributed by atoms with van der Waals surface area (Å²) in [5, 5.41) is 0. The average molecular weight is 632 g/mol. The van der Waals surface area contributed by atoms with Gasteiger partial charge in [0.25, 0.3) is 0 Å². The Balaban J connectivity index is 1.07. The topological polar surface area (TPSA) is 125 Å². The van der Waals surface area contributed by atoms with Crippen molar-refractivity contribution in [1.82, 2.24) is 19.5 Å². The molecule has 3 N–H and O–H groups in total. The molecule has 2 atom stereocenters. The molecule has 2 aromatic heterocycles. The summed E-state index contributed by atoms with van der Waals surface area (Å²) in [5.41, 5.74) is 6.95. The molecule has 0 amide bonds. The quantitative estimate of drug-likeness (QED) is 0.0912. The van der Waals surface area contributed by atoms with Gasteiger partial charge >= 0.3 is 7.60 Å². The van der Waals surface area contributed by atoms with Crippen molar-refractivity contribution in [2.24, 2.45) is 0 Å². The van der Waals surface area contributed by atoms with Crippen LogP contribution >= 0.6 is 29.4 Å². The fraction of sp³-hybridized carbons (Fsp3) is 0.828. The number of imidazole rings is 1. The highest BCUT2D eigenvalue weighted by molar-refractivity contribution is 8.34. The third kappa shape index (κ3) is 13.6. The van der Waals surface area contributed by atoms with Crippen molar-refractivity contribution in [2.75, 3.05) is 53.7 Å². The first kappa shape index (κ1) is 34.6. The number of fused-ring (bicyclic) bond motifs is 1. The van der Waals surface area contributed by atoms with Gasteiger partial charge in [-0.25, -0.2) is 25.0 Å². The monoisotopic (exact) mass is 631 g/mol. The predicted octanol–water partition coefficient (Wildman–Crippen LogP) is 7.23. The van der Waals surface area contributed by atoms with Gasteiger partial charge in [-0.05, 0) is 55.5 Å². The van der Waals surface area contributed by atoms with E-state index in [0.29, 0.717) is 29.3 Å². The second kappa shape index (κ2) is 18.7. The van der Waals surface area contributed by atoms with Gasteiger partial charge in [-0.3, -0.25) is 4.57 Å². The van der Waals surface area contributed by atoms with Crippen molar-refractivity contribution in [3.8, 4) is 0 Å². The molecule has 9 nitrogen and oxygen atoms in total. The Morgan fingerprint density at radius 1 is 1.00 bits per heavy atom. The zero-order chi connectivity index (χ0) is 29.4. The highest BCUT2D eigenvalue weighted by atomic mass is 32.3. The Kier molecular flexibility index (Phi) is 15.8. The summed E-state index contributed by atoms with van der Waals surface area (Å²) in [7, 11) is -3.91. The first-order valence-electron chi connectivity index (χ1n) is 15.6. The normalized spacial score (nSPS) is 17.7. The summed E-state index contributed by atoms with van der Waals surface area (Å²) >= 11 is 1.78. The maximum absolute atomic E-state index is 12.3. The minimum Gasteiger partial charge on any atom is -0.382 e. The lowest BCUT2D eigenvalue weighted by Crippen LogP contribution is -2.22. The molecule has 1 unspecified atom stereocenters. The molecule has 1 aliphatic heterocycles. The van der Waals surface area contributed by atoms with Crippen molar-refractivity contribution in [3.05, 3.63) is 12.7 Å². The number of unbranched alkanes of at least 4 members (excludes halogenated alkanes) is 11. The first-order chi connectivity index (χ1) is 19.8. The molecule has 12 heteroatoms. The van der Waals surface area contributed by atoms with Gasteiger partial charge < -0.3 is 24.5 Å². The van der Waals surface area contributed by atoms with Crippen molar-refractivity contribution in [3.63, 3.8) is 0 Å². The van der Waals surface area contributed by atoms with E-state index in [0.717, 1.165) is 5.75 Å². The van der Waals surface area contributed by atoms with Crippen LogP contribution in [0.4, 0.5) is 5.82 Å². The average Bonchev–Trinajstić information content (AvgIpc) is 3.34. The number of nitrogens with two attached hydrogens (primary N) is 1. The van der Waals surface area contributed by atoms with Gasteiger partial charge in [0.15, 0.2) is 11.5 Å². The molecule has 3 heterocycles. The Hall–Kier alpha value is -0.840. The molecule has 236 valence electrons. The van der Waals surface area contributed by atoms with Crippen LogP contribution in [-0.4, -0.2) is 78.5 Å². The van der Waals surface area contributed by atoms with Gasteiger partial charge in [0.2, 0.25) is 0 Å². The molecule has 0 aliphatic carbocycles. The van der Waals surface area contributed by atoms with Crippen LogP contribution in [0.1, 0.15) is 90.4 Å². The zero-order valence-electron chi connectivity index (χ0n) is 25.4. The van der Waals surface area contributed by atoms with Crippen molar-refractivity contribution < 1.29 is 18.7 Å². The molecule has 1 aliphatic rings. The van der Waals surface area contributed by atoms with Gasteiger partial charge in [-0.2, -0.15) is 11.8 Å². The Morgan fingerprint density at radius 2 is 1.63 bits per heavy atom. The lowest BCUT2D eigenvalue weighted by atomic mass is 10.1. The molecule has 3 rings (SSSR count). The first-order valence-corrected chi connectivity index (χ1v) is 21.0.